The van der Waals surface area contributed by atoms with Crippen molar-refractivity contribution in [2.45, 2.75) is 0 Å². The molecule has 0 atom stereocenters. The van der Waals surface area contributed by atoms with Gasteiger partial charge in [-0.25, -0.2) is 0 Å². The maximum absolute atomic E-state index is 10.1. The molecular formula is C6H3BrINO. The van der Waals surface area contributed by atoms with Gasteiger partial charge >= 0.3 is 0 Å². The van der Waals surface area contributed by atoms with Crippen LogP contribution in [0.3, 0.4) is 0 Å². The third kappa shape index (κ3) is 1.76. The van der Waals surface area contributed by atoms with Gasteiger partial charge < -0.3 is 0 Å². The van der Waals surface area contributed by atoms with Gasteiger partial charge in [-0.3, -0.25) is 0 Å². The Labute approximate surface area is 80.3 Å². The fraction of sp³-hybridized carbons (Fsp3) is 0. The molecule has 1 aromatic carbocycles. The molecule has 0 unspecified atom stereocenters. The Balaban J connectivity index is 3.21. The van der Waals surface area contributed by atoms with E-state index < -0.39 is 0 Å². The van der Waals surface area contributed by atoms with E-state index in [0.29, 0.717) is 5.69 Å². The van der Waals surface area contributed by atoms with Crippen molar-refractivity contribution in [3.05, 3.63) is 31.1 Å². The molecule has 0 bridgehead atoms. The van der Waals surface area contributed by atoms with Gasteiger partial charge in [0.15, 0.2) is 0 Å². The number of benzene rings is 1. The zero-order valence-electron chi connectivity index (χ0n) is 4.84. The molecule has 10 heavy (non-hydrogen) atoms. The molecule has 0 amide bonds. The highest BCUT2D eigenvalue weighted by Gasteiger charge is 1.98. The number of rotatable bonds is 1. The molecule has 0 saturated carbocycles. The van der Waals surface area contributed by atoms with E-state index in [1.54, 1.807) is 12.1 Å². The van der Waals surface area contributed by atoms with Crippen LogP contribution in [-0.4, -0.2) is 0 Å². The number of hydrogen-bond acceptors (Lipinski definition) is 2. The van der Waals surface area contributed by atoms with Crippen molar-refractivity contribution >= 4 is 44.2 Å². The molecule has 0 heterocycles. The molecule has 4 heteroatoms. The zero-order chi connectivity index (χ0) is 7.56. The van der Waals surface area contributed by atoms with E-state index >= 15 is 0 Å². The molecule has 0 radical (unpaired) electrons. The van der Waals surface area contributed by atoms with E-state index in [2.05, 4.69) is 43.7 Å². The second-order valence-corrected chi connectivity index (χ2v) is 3.79. The van der Waals surface area contributed by atoms with Crippen LogP contribution >= 0.6 is 38.5 Å². The van der Waals surface area contributed by atoms with Crippen molar-refractivity contribution in [2.24, 2.45) is 5.18 Å². The van der Waals surface area contributed by atoms with Gasteiger partial charge in [0.05, 0.1) is 0 Å². The monoisotopic (exact) mass is 311 g/mol. The van der Waals surface area contributed by atoms with E-state index in [0.717, 1.165) is 8.04 Å². The summed E-state index contributed by atoms with van der Waals surface area (Å²) in [6.45, 7) is 0. The van der Waals surface area contributed by atoms with Crippen molar-refractivity contribution in [3.8, 4) is 0 Å². The van der Waals surface area contributed by atoms with Crippen molar-refractivity contribution in [1.82, 2.24) is 0 Å². The molecule has 0 aliphatic heterocycles. The van der Waals surface area contributed by atoms with Crippen molar-refractivity contribution in [1.29, 1.82) is 0 Å². The summed E-state index contributed by atoms with van der Waals surface area (Å²) in [6.07, 6.45) is 0. The van der Waals surface area contributed by atoms with Crippen LogP contribution in [-0.2, 0) is 0 Å². The minimum atomic E-state index is 0.451. The smallest absolute Gasteiger partial charge is 0.123 e. The molecule has 52 valence electrons. The average molecular weight is 312 g/mol. The molecule has 0 N–H and O–H groups in total. The number of nitroso groups, excluding NO2 is 1. The number of hydrogen-bond donors (Lipinski definition) is 0. The molecular weight excluding hydrogens is 309 g/mol. The second kappa shape index (κ2) is 3.43. The summed E-state index contributed by atoms with van der Waals surface area (Å²) in [6, 6.07) is 5.43. The first-order valence-electron chi connectivity index (χ1n) is 2.52. The summed E-state index contributed by atoms with van der Waals surface area (Å²) in [7, 11) is 0. The lowest BCUT2D eigenvalue weighted by Crippen LogP contribution is -1.70. The Morgan fingerprint density at radius 3 is 2.70 bits per heavy atom. The zero-order valence-corrected chi connectivity index (χ0v) is 8.59. The lowest BCUT2D eigenvalue weighted by molar-refractivity contribution is 1.45. The first kappa shape index (κ1) is 8.13. The third-order valence-electron chi connectivity index (χ3n) is 1.01. The van der Waals surface area contributed by atoms with Gasteiger partial charge in [-0.1, -0.05) is 0 Å². The fourth-order valence-electron chi connectivity index (χ4n) is 0.556. The molecule has 2 nitrogen and oxygen atoms in total. The van der Waals surface area contributed by atoms with Crippen molar-refractivity contribution in [2.75, 3.05) is 0 Å². The summed E-state index contributed by atoms with van der Waals surface area (Å²) in [5.41, 5.74) is 0.451. The lowest BCUT2D eigenvalue weighted by atomic mass is 10.3. The van der Waals surface area contributed by atoms with Crippen LogP contribution in [0, 0.1) is 8.48 Å². The minimum Gasteiger partial charge on any atom is -0.145 e. The normalized spacial score (nSPS) is 9.40. The summed E-state index contributed by atoms with van der Waals surface area (Å²) < 4.78 is 1.75. The van der Waals surface area contributed by atoms with Gasteiger partial charge in [0, 0.05) is 8.04 Å². The summed E-state index contributed by atoms with van der Waals surface area (Å²) in [5, 5.41) is 2.83. The van der Waals surface area contributed by atoms with Crippen LogP contribution in [0.15, 0.2) is 27.8 Å². The highest BCUT2D eigenvalue weighted by Crippen LogP contribution is 2.26. The van der Waals surface area contributed by atoms with Gasteiger partial charge in [-0.2, -0.15) is 0 Å². The van der Waals surface area contributed by atoms with E-state index in [1.807, 2.05) is 6.07 Å². The Hall–Kier alpha value is 0.0300. The molecule has 1 aromatic rings. The highest BCUT2D eigenvalue weighted by molar-refractivity contribution is 14.1. The summed E-state index contributed by atoms with van der Waals surface area (Å²) in [4.78, 5) is 10.1. The maximum atomic E-state index is 10.1. The molecule has 0 aliphatic rings. The Kier molecular flexibility index (Phi) is 2.79. The molecule has 0 fully saturated rings. The second-order valence-electron chi connectivity index (χ2n) is 1.69. The van der Waals surface area contributed by atoms with Crippen molar-refractivity contribution in [3.63, 3.8) is 0 Å². The lowest BCUT2D eigenvalue weighted by Gasteiger charge is -1.93. The van der Waals surface area contributed by atoms with Gasteiger partial charge in [0.25, 0.3) is 0 Å². The minimum absolute atomic E-state index is 0.451. The van der Waals surface area contributed by atoms with E-state index in [9.17, 15) is 4.91 Å². The standard InChI is InChI=1S/C6H3BrINO/c7-5-2-1-4(8)3-6(5)9-10/h1-3H. The van der Waals surface area contributed by atoms with Gasteiger partial charge in [-0.05, 0) is 61.9 Å². The van der Waals surface area contributed by atoms with Crippen LogP contribution in [0.4, 0.5) is 5.69 Å². The van der Waals surface area contributed by atoms with Crippen LogP contribution in [0.1, 0.15) is 0 Å². The topological polar surface area (TPSA) is 29.4 Å². The number of halogens is 2. The highest BCUT2D eigenvalue weighted by atomic mass is 127. The summed E-state index contributed by atoms with van der Waals surface area (Å²) in [5.74, 6) is 0. The van der Waals surface area contributed by atoms with Crippen LogP contribution < -0.4 is 0 Å². The largest absolute Gasteiger partial charge is 0.145 e. The quantitative estimate of drug-likeness (QED) is 0.577. The molecule has 0 aliphatic carbocycles. The molecule has 0 spiro atoms. The van der Waals surface area contributed by atoms with E-state index in [-0.39, 0.29) is 0 Å². The Morgan fingerprint density at radius 1 is 1.50 bits per heavy atom. The van der Waals surface area contributed by atoms with E-state index in [4.69, 9.17) is 0 Å². The predicted molar refractivity (Wildman–Crippen MR) is 52.3 cm³/mol. The first-order valence-corrected chi connectivity index (χ1v) is 4.39. The van der Waals surface area contributed by atoms with Gasteiger partial charge in [0.1, 0.15) is 5.69 Å². The summed E-state index contributed by atoms with van der Waals surface area (Å²) >= 11 is 5.32. The van der Waals surface area contributed by atoms with Crippen LogP contribution in [0.25, 0.3) is 0 Å². The number of nitrogens with zero attached hydrogens (tertiary/aromatic N) is 1. The van der Waals surface area contributed by atoms with Gasteiger partial charge in [-0.15, -0.1) is 4.91 Å². The molecule has 0 saturated heterocycles. The van der Waals surface area contributed by atoms with E-state index in [1.165, 1.54) is 0 Å². The molecule has 0 aromatic heterocycles. The third-order valence-corrected chi connectivity index (χ3v) is 2.35. The fourth-order valence-corrected chi connectivity index (χ4v) is 1.35. The average Bonchev–Trinajstić information content (AvgIpc) is 1.94. The van der Waals surface area contributed by atoms with Crippen LogP contribution in [0.5, 0.6) is 0 Å². The predicted octanol–water partition coefficient (Wildman–Crippen LogP) is 3.45. The SMILES string of the molecule is O=Nc1cc(I)ccc1Br. The Morgan fingerprint density at radius 2 is 2.20 bits per heavy atom. The maximum Gasteiger partial charge on any atom is 0.123 e. The first-order chi connectivity index (χ1) is 4.74. The van der Waals surface area contributed by atoms with Crippen LogP contribution in [0.2, 0.25) is 0 Å². The Bertz CT molecular complexity index is 264. The molecule has 1 rings (SSSR count). The van der Waals surface area contributed by atoms with Gasteiger partial charge in [0.2, 0.25) is 0 Å². The van der Waals surface area contributed by atoms with Crippen molar-refractivity contribution < 1.29 is 0 Å².